The first-order valence-electron chi connectivity index (χ1n) is 11.8. The number of halogens is 3. The minimum Gasteiger partial charge on any atom is -0.393 e. The lowest BCUT2D eigenvalue weighted by molar-refractivity contribution is -0.155. The largest absolute Gasteiger partial charge is 0.393 e. The summed E-state index contributed by atoms with van der Waals surface area (Å²) in [5.41, 5.74) is 1.07. The molecule has 2 aliphatic rings. The molecule has 37 heavy (non-hydrogen) atoms. The fourth-order valence-corrected chi connectivity index (χ4v) is 5.16. The Morgan fingerprint density at radius 2 is 1.68 bits per heavy atom. The van der Waals surface area contributed by atoms with Gasteiger partial charge in [-0.2, -0.15) is 8.78 Å². The Hall–Kier alpha value is -3.01. The second-order valence-electron chi connectivity index (χ2n) is 10.5. The van der Waals surface area contributed by atoms with Crippen LogP contribution in [0.2, 0.25) is 5.02 Å². The maximum absolute atomic E-state index is 15.1. The summed E-state index contributed by atoms with van der Waals surface area (Å²) in [6, 6.07) is 8.98. The van der Waals surface area contributed by atoms with Gasteiger partial charge in [-0.1, -0.05) is 35.9 Å². The third kappa shape index (κ3) is 4.39. The molecule has 1 unspecified atom stereocenters. The molecule has 2 aromatic rings. The number of rotatable bonds is 5. The van der Waals surface area contributed by atoms with E-state index in [1.165, 1.54) is 25.0 Å². The van der Waals surface area contributed by atoms with Gasteiger partial charge in [0.2, 0.25) is 19.8 Å². The van der Waals surface area contributed by atoms with E-state index < -0.39 is 40.0 Å². The molecule has 0 aliphatic carbocycles. The zero-order valence-corrected chi connectivity index (χ0v) is 22.0. The fraction of sp³-hybridized carbons (Fsp3) is 0.273. The molecule has 7 nitrogen and oxygen atoms in total. The Morgan fingerprint density at radius 1 is 1.08 bits per heavy atom. The normalized spacial score (nSPS) is 19.4. The van der Waals surface area contributed by atoms with E-state index in [0.29, 0.717) is 16.7 Å². The second-order valence-corrected chi connectivity index (χ2v) is 10.9. The maximum atomic E-state index is 15.1. The predicted octanol–water partition coefficient (Wildman–Crippen LogP) is -2.48. The first-order chi connectivity index (χ1) is 17.1. The molecule has 0 bridgehead atoms. The van der Waals surface area contributed by atoms with Crippen molar-refractivity contribution in [3.63, 3.8) is 0 Å². The lowest BCUT2D eigenvalue weighted by Crippen LogP contribution is -2.59. The van der Waals surface area contributed by atoms with Crippen LogP contribution in [0, 0.1) is 0 Å². The van der Waals surface area contributed by atoms with Crippen LogP contribution in [0.4, 0.5) is 8.78 Å². The Balaban J connectivity index is 1.66. The molecule has 186 valence electrons. The van der Waals surface area contributed by atoms with Gasteiger partial charge in [0.1, 0.15) is 37.4 Å². The molecule has 1 atom stereocenters. The number of amides is 4. The van der Waals surface area contributed by atoms with Gasteiger partial charge >= 0.3 is 5.92 Å². The zero-order chi connectivity index (χ0) is 27.5. The number of nitrogens with one attached hydrogen (secondary N) is 1. The third-order valence-electron chi connectivity index (χ3n) is 7.58. The number of alkyl halides is 2. The van der Waals surface area contributed by atoms with E-state index in [-0.39, 0.29) is 29.7 Å². The molecular weight excluding hydrogens is 498 g/mol. The van der Waals surface area contributed by atoms with E-state index in [9.17, 15) is 19.2 Å². The number of benzene rings is 2. The molecule has 4 amide bonds. The number of carbonyl (C=O) groups excluding carboxylic acids is 4. The minimum atomic E-state index is -3.79. The van der Waals surface area contributed by atoms with Gasteiger partial charge in [-0.15, -0.1) is 0 Å². The van der Waals surface area contributed by atoms with Crippen LogP contribution in [0.3, 0.4) is 0 Å². The molecule has 0 radical (unpaired) electrons. The number of carbonyl (C=O) groups is 4. The molecular formula is C22H23B5ClF2N3O4. The Bertz CT molecular complexity index is 1330. The molecule has 0 aromatic heterocycles. The average molecular weight is 521 g/mol. The lowest BCUT2D eigenvalue weighted by Gasteiger charge is -2.41. The van der Waals surface area contributed by atoms with Gasteiger partial charge in [0.15, 0.2) is 0 Å². The number of imide groups is 1. The number of nitrogens with zero attached hydrogens (tertiary/aromatic N) is 2. The van der Waals surface area contributed by atoms with E-state index in [2.05, 4.69) is 5.32 Å². The highest BCUT2D eigenvalue weighted by Crippen LogP contribution is 2.40. The molecule has 0 spiro atoms. The zero-order valence-electron chi connectivity index (χ0n) is 21.2. The molecule has 2 aromatic carbocycles. The average Bonchev–Trinajstić information content (AvgIpc) is 3.03. The number of hydrogen-bond donors (Lipinski definition) is 1. The van der Waals surface area contributed by atoms with E-state index in [1.54, 1.807) is 49.6 Å². The van der Waals surface area contributed by atoms with Crippen molar-refractivity contribution in [2.75, 3.05) is 0 Å². The van der Waals surface area contributed by atoms with Gasteiger partial charge in [0, 0.05) is 27.9 Å². The highest BCUT2D eigenvalue weighted by molar-refractivity contribution is 6.44. The van der Waals surface area contributed by atoms with Crippen LogP contribution >= 0.6 is 11.6 Å². The SMILES string of the molecule is BN(C(=O)C(F)(F)c1ccc(Cl)cc1)C(B)(B)c1ccc2c(c1)C(B)(B)N(C1CCC(=O)NC1=O)C2=O. The van der Waals surface area contributed by atoms with Crippen molar-refractivity contribution in [1.82, 2.24) is 15.0 Å². The molecule has 1 N–H and O–H groups in total. The van der Waals surface area contributed by atoms with Gasteiger partial charge in [-0.25, -0.2) is 0 Å². The lowest BCUT2D eigenvalue weighted by atomic mass is 9.53. The summed E-state index contributed by atoms with van der Waals surface area (Å²) in [5, 5.41) is 0.473. The van der Waals surface area contributed by atoms with Crippen molar-refractivity contribution in [2.24, 2.45) is 0 Å². The smallest absolute Gasteiger partial charge is 0.348 e. The second kappa shape index (κ2) is 9.08. The standard InChI is InChI=1S/C22H23B5ClF2N3O4/c23-21(24,33(27)19(37)20(29,30)10-1-4-12(28)5-2-10)11-3-6-13-14(9-11)22(25,26)32(18(13)36)15-7-8-16(34)31-17(15)35/h1-6,9,15H,7-8,23-27H2,(H,31,34,35). The van der Waals surface area contributed by atoms with Crippen molar-refractivity contribution in [2.45, 2.75) is 35.5 Å². The quantitative estimate of drug-likeness (QED) is 0.350. The van der Waals surface area contributed by atoms with Crippen LogP contribution in [0.5, 0.6) is 0 Å². The van der Waals surface area contributed by atoms with E-state index >= 15 is 8.78 Å². The Kier molecular flexibility index (Phi) is 6.63. The van der Waals surface area contributed by atoms with Crippen molar-refractivity contribution in [3.8, 4) is 0 Å². The summed E-state index contributed by atoms with van der Waals surface area (Å²) in [6.07, 6.45) is 0.336. The van der Waals surface area contributed by atoms with Crippen LogP contribution in [-0.2, 0) is 31.0 Å². The third-order valence-corrected chi connectivity index (χ3v) is 7.83. The van der Waals surface area contributed by atoms with E-state index in [1.807, 2.05) is 0 Å². The van der Waals surface area contributed by atoms with Crippen molar-refractivity contribution in [3.05, 3.63) is 69.7 Å². The molecule has 4 rings (SSSR count). The minimum absolute atomic E-state index is 0.125. The molecule has 0 saturated carbocycles. The number of piperidine rings is 1. The molecule has 1 saturated heterocycles. The molecule has 15 heteroatoms. The fourth-order valence-electron chi connectivity index (χ4n) is 5.03. The van der Waals surface area contributed by atoms with Crippen molar-refractivity contribution < 1.29 is 28.0 Å². The molecule has 2 heterocycles. The van der Waals surface area contributed by atoms with Gasteiger partial charge in [-0.05, 0) is 41.1 Å². The van der Waals surface area contributed by atoms with Gasteiger partial charge in [0.25, 0.3) is 11.8 Å². The van der Waals surface area contributed by atoms with E-state index in [4.69, 9.17) is 11.6 Å². The number of fused-ring (bicyclic) bond motifs is 1. The van der Waals surface area contributed by atoms with Crippen LogP contribution in [-0.4, -0.2) is 78.7 Å². The Morgan fingerprint density at radius 3 is 2.27 bits per heavy atom. The predicted molar refractivity (Wildman–Crippen MR) is 147 cm³/mol. The van der Waals surface area contributed by atoms with Crippen molar-refractivity contribution >= 4 is 74.6 Å². The Labute approximate surface area is 222 Å². The monoisotopic (exact) mass is 521 g/mol. The summed E-state index contributed by atoms with van der Waals surface area (Å²) >= 11 is 5.81. The van der Waals surface area contributed by atoms with Gasteiger partial charge in [0.05, 0.1) is 0 Å². The highest BCUT2D eigenvalue weighted by atomic mass is 35.5. The van der Waals surface area contributed by atoms with Crippen LogP contribution in [0.1, 0.15) is 39.9 Å². The van der Waals surface area contributed by atoms with Crippen molar-refractivity contribution in [1.29, 1.82) is 0 Å². The van der Waals surface area contributed by atoms with Crippen LogP contribution < -0.4 is 5.32 Å². The molecule has 1 fully saturated rings. The first-order valence-corrected chi connectivity index (χ1v) is 12.2. The maximum Gasteiger partial charge on any atom is 0.348 e. The van der Waals surface area contributed by atoms with Gasteiger partial charge < -0.3 is 9.71 Å². The summed E-state index contributed by atoms with van der Waals surface area (Å²) in [7, 11) is 8.19. The van der Waals surface area contributed by atoms with Gasteiger partial charge in [-0.3, -0.25) is 24.5 Å². The molecule has 2 aliphatic heterocycles. The topological polar surface area (TPSA) is 86.8 Å². The summed E-state index contributed by atoms with van der Waals surface area (Å²) < 4.78 is 30.3. The van der Waals surface area contributed by atoms with E-state index in [0.717, 1.165) is 16.9 Å². The summed E-state index contributed by atoms with van der Waals surface area (Å²) in [4.78, 5) is 53.0. The van der Waals surface area contributed by atoms with Crippen LogP contribution in [0.25, 0.3) is 0 Å². The summed E-state index contributed by atoms with van der Waals surface area (Å²) in [5.74, 6) is -6.43. The highest BCUT2D eigenvalue weighted by Gasteiger charge is 2.50. The number of hydrogen-bond acceptors (Lipinski definition) is 4. The first kappa shape index (κ1) is 27.0. The summed E-state index contributed by atoms with van der Waals surface area (Å²) in [6.45, 7) is 0. The van der Waals surface area contributed by atoms with Crippen LogP contribution in [0.15, 0.2) is 42.5 Å².